The van der Waals surface area contributed by atoms with E-state index in [2.05, 4.69) is 6.92 Å². The largest absolute Gasteiger partial charge is 0.453 e. The molecule has 7 atom stereocenters. The van der Waals surface area contributed by atoms with E-state index >= 15 is 0 Å². The summed E-state index contributed by atoms with van der Waals surface area (Å²) in [5.41, 5.74) is -1.10. The van der Waals surface area contributed by atoms with Crippen LogP contribution in [0.2, 0.25) is 0 Å². The summed E-state index contributed by atoms with van der Waals surface area (Å²) in [7, 11) is 0. The van der Waals surface area contributed by atoms with Gasteiger partial charge in [-0.25, -0.2) is 0 Å². The number of hydrogen-bond donors (Lipinski definition) is 2. The topological polar surface area (TPSA) is 101 Å². The van der Waals surface area contributed by atoms with Gasteiger partial charge in [-0.1, -0.05) is 19.4 Å². The number of ketones is 2. The van der Waals surface area contributed by atoms with Crippen molar-refractivity contribution in [3.63, 3.8) is 0 Å². The van der Waals surface area contributed by atoms with Crippen molar-refractivity contribution in [3.05, 3.63) is 11.6 Å². The normalized spacial score (nSPS) is 47.4. The lowest BCUT2D eigenvalue weighted by molar-refractivity contribution is -0.194. The lowest BCUT2D eigenvalue weighted by atomic mass is 9.45. The van der Waals surface area contributed by atoms with Crippen molar-refractivity contribution >= 4 is 18.0 Å². The highest BCUT2D eigenvalue weighted by molar-refractivity contribution is 5.92. The standard InChI is InChI=1S/C22H30O6/c1-20-7-5-14(25)9-13(20)3-4-15-16-6-8-22(28-12-24,18(27)11-23)21(16,2)10-17(26)19(15)20/h9,12,15-17,19,23,26H,3-8,10-11H2,1-2H3/t15-,16-,17-,19+,20-,21-,22+/m0/s1. The lowest BCUT2D eigenvalue weighted by Crippen LogP contribution is -2.62. The molecule has 0 saturated heterocycles. The highest BCUT2D eigenvalue weighted by Crippen LogP contribution is 2.68. The molecule has 2 N–H and O–H groups in total. The molecule has 0 aromatic rings. The van der Waals surface area contributed by atoms with E-state index in [4.69, 9.17) is 4.74 Å². The van der Waals surface area contributed by atoms with Crippen molar-refractivity contribution in [2.45, 2.75) is 70.5 Å². The average Bonchev–Trinajstić information content (AvgIpc) is 2.94. The molecule has 4 aliphatic rings. The minimum atomic E-state index is -1.36. The van der Waals surface area contributed by atoms with Crippen molar-refractivity contribution in [2.24, 2.45) is 28.6 Å². The number of aliphatic hydroxyl groups is 2. The molecular formula is C22H30O6. The molecule has 6 nitrogen and oxygen atoms in total. The van der Waals surface area contributed by atoms with Gasteiger partial charge in [-0.2, -0.15) is 0 Å². The van der Waals surface area contributed by atoms with Crippen molar-refractivity contribution in [2.75, 3.05) is 6.61 Å². The molecule has 0 radical (unpaired) electrons. The number of aliphatic hydroxyl groups excluding tert-OH is 2. The van der Waals surface area contributed by atoms with Gasteiger partial charge in [0.15, 0.2) is 11.4 Å². The Kier molecular flexibility index (Phi) is 4.58. The second-order valence-electron chi connectivity index (χ2n) is 9.74. The minimum absolute atomic E-state index is 0.0370. The zero-order chi connectivity index (χ0) is 20.3. The predicted octanol–water partition coefficient (Wildman–Crippen LogP) is 1.96. The summed E-state index contributed by atoms with van der Waals surface area (Å²) < 4.78 is 5.43. The van der Waals surface area contributed by atoms with E-state index in [0.717, 1.165) is 31.3 Å². The van der Waals surface area contributed by atoms with Gasteiger partial charge in [0.25, 0.3) is 6.47 Å². The summed E-state index contributed by atoms with van der Waals surface area (Å²) in [6, 6.07) is 0. The molecule has 6 heteroatoms. The summed E-state index contributed by atoms with van der Waals surface area (Å²) in [6.45, 7) is 3.76. The third-order valence-electron chi connectivity index (χ3n) is 8.86. The molecule has 0 heterocycles. The minimum Gasteiger partial charge on any atom is -0.453 e. The molecule has 154 valence electrons. The number of carbonyl (C=O) groups is 3. The van der Waals surface area contributed by atoms with Gasteiger partial charge in [-0.05, 0) is 67.8 Å². The maximum absolute atomic E-state index is 12.7. The van der Waals surface area contributed by atoms with Gasteiger partial charge in [-0.15, -0.1) is 0 Å². The summed E-state index contributed by atoms with van der Waals surface area (Å²) in [6.07, 6.45) is 5.59. The van der Waals surface area contributed by atoms with E-state index in [-0.39, 0.29) is 29.0 Å². The first-order chi connectivity index (χ1) is 13.2. The summed E-state index contributed by atoms with van der Waals surface area (Å²) in [5, 5.41) is 20.9. The molecule has 3 saturated carbocycles. The number of carbonyl (C=O) groups excluding carboxylic acids is 3. The van der Waals surface area contributed by atoms with Crippen molar-refractivity contribution in [1.82, 2.24) is 0 Å². The monoisotopic (exact) mass is 390 g/mol. The van der Waals surface area contributed by atoms with Gasteiger partial charge < -0.3 is 14.9 Å². The lowest BCUT2D eigenvalue weighted by Gasteiger charge is -2.60. The van der Waals surface area contributed by atoms with Crippen LogP contribution in [-0.4, -0.2) is 46.6 Å². The molecule has 28 heavy (non-hydrogen) atoms. The number of ether oxygens (including phenoxy) is 1. The van der Waals surface area contributed by atoms with Gasteiger partial charge >= 0.3 is 0 Å². The highest BCUT2D eigenvalue weighted by Gasteiger charge is 2.69. The fourth-order valence-electron chi connectivity index (χ4n) is 7.60. The number of rotatable bonds is 4. The zero-order valence-corrected chi connectivity index (χ0v) is 16.6. The Bertz CT molecular complexity index is 743. The van der Waals surface area contributed by atoms with Gasteiger partial charge in [-0.3, -0.25) is 14.4 Å². The molecule has 0 amide bonds. The quantitative estimate of drug-likeness (QED) is 0.712. The molecule has 4 aliphatic carbocycles. The number of Topliss-reactive ketones (excluding diaryl/α,β-unsaturated/α-hetero) is 1. The fourth-order valence-corrected chi connectivity index (χ4v) is 7.60. The predicted molar refractivity (Wildman–Crippen MR) is 100 cm³/mol. The van der Waals surface area contributed by atoms with Crippen LogP contribution in [-0.2, 0) is 19.1 Å². The zero-order valence-electron chi connectivity index (χ0n) is 16.6. The van der Waals surface area contributed by atoms with E-state index in [9.17, 15) is 24.6 Å². The molecule has 0 spiro atoms. The number of hydrogen-bond acceptors (Lipinski definition) is 6. The Balaban J connectivity index is 1.75. The maximum atomic E-state index is 12.7. The van der Waals surface area contributed by atoms with E-state index in [1.807, 2.05) is 6.92 Å². The van der Waals surface area contributed by atoms with Crippen LogP contribution in [0.1, 0.15) is 58.8 Å². The maximum Gasteiger partial charge on any atom is 0.294 e. The third-order valence-corrected chi connectivity index (χ3v) is 8.86. The van der Waals surface area contributed by atoms with Gasteiger partial charge in [0.2, 0.25) is 5.78 Å². The van der Waals surface area contributed by atoms with E-state index < -0.39 is 29.5 Å². The Labute approximate surface area is 165 Å². The number of allylic oxidation sites excluding steroid dienone is 1. The second-order valence-corrected chi connectivity index (χ2v) is 9.74. The van der Waals surface area contributed by atoms with Crippen molar-refractivity contribution < 1.29 is 29.3 Å². The first-order valence-corrected chi connectivity index (χ1v) is 10.4. The van der Waals surface area contributed by atoms with E-state index in [1.165, 1.54) is 0 Å². The van der Waals surface area contributed by atoms with Crippen LogP contribution in [0.3, 0.4) is 0 Å². The highest BCUT2D eigenvalue weighted by atomic mass is 16.5. The summed E-state index contributed by atoms with van der Waals surface area (Å²) in [5.74, 6) is 0.0741. The first kappa shape index (κ1) is 19.8. The second kappa shape index (κ2) is 6.49. The molecule has 3 fully saturated rings. The first-order valence-electron chi connectivity index (χ1n) is 10.4. The van der Waals surface area contributed by atoms with Gasteiger partial charge in [0.05, 0.1) is 6.10 Å². The van der Waals surface area contributed by atoms with E-state index in [1.54, 1.807) is 6.08 Å². The molecule has 0 aliphatic heterocycles. The Hall–Kier alpha value is -1.53. The van der Waals surface area contributed by atoms with Crippen molar-refractivity contribution in [1.29, 1.82) is 0 Å². The van der Waals surface area contributed by atoms with Crippen LogP contribution < -0.4 is 0 Å². The molecule has 4 rings (SSSR count). The summed E-state index contributed by atoms with van der Waals surface area (Å²) >= 11 is 0. The van der Waals surface area contributed by atoms with Crippen LogP contribution >= 0.6 is 0 Å². The number of fused-ring (bicyclic) bond motifs is 5. The van der Waals surface area contributed by atoms with Crippen LogP contribution in [0.5, 0.6) is 0 Å². The van der Waals surface area contributed by atoms with Crippen LogP contribution in [0, 0.1) is 28.6 Å². The molecule has 0 aromatic carbocycles. The molecule has 0 unspecified atom stereocenters. The smallest absolute Gasteiger partial charge is 0.294 e. The molecular weight excluding hydrogens is 360 g/mol. The molecule has 0 bridgehead atoms. The summed E-state index contributed by atoms with van der Waals surface area (Å²) in [4.78, 5) is 35.9. The van der Waals surface area contributed by atoms with Gasteiger partial charge in [0, 0.05) is 11.8 Å². The Morgan fingerprint density at radius 1 is 1.29 bits per heavy atom. The SMILES string of the molecule is C[C@]12CCC(=O)C=C1CC[C@@H]1[C@@H]2[C@@H](O)C[C@@]2(C)[C@H]1CC[C@@]2(OC=O)C(=O)CO. The van der Waals surface area contributed by atoms with Gasteiger partial charge in [0.1, 0.15) is 6.61 Å². The van der Waals surface area contributed by atoms with Crippen molar-refractivity contribution in [3.8, 4) is 0 Å². The average molecular weight is 390 g/mol. The fraction of sp³-hybridized carbons (Fsp3) is 0.773. The van der Waals surface area contributed by atoms with E-state index in [0.29, 0.717) is 25.7 Å². The third kappa shape index (κ3) is 2.37. The van der Waals surface area contributed by atoms with Crippen LogP contribution in [0.15, 0.2) is 11.6 Å². The Morgan fingerprint density at radius 2 is 2.04 bits per heavy atom. The van der Waals surface area contributed by atoms with Crippen LogP contribution in [0.4, 0.5) is 0 Å². The Morgan fingerprint density at radius 3 is 2.71 bits per heavy atom. The molecule has 0 aromatic heterocycles. The van der Waals surface area contributed by atoms with Crippen LogP contribution in [0.25, 0.3) is 0 Å².